The topological polar surface area (TPSA) is 66.9 Å². The average molecular weight is 421 g/mol. The van der Waals surface area contributed by atoms with Crippen molar-refractivity contribution in [3.05, 3.63) is 59.1 Å². The number of fused-ring (bicyclic) bond motifs is 1. The van der Waals surface area contributed by atoms with Gasteiger partial charge in [0.15, 0.2) is 9.84 Å². The summed E-state index contributed by atoms with van der Waals surface area (Å²) in [7, 11) is -1.68. The summed E-state index contributed by atoms with van der Waals surface area (Å²) in [5.41, 5.74) is 1.55. The lowest BCUT2D eigenvalue weighted by Gasteiger charge is -2.43. The van der Waals surface area contributed by atoms with Crippen LogP contribution in [0.4, 0.5) is 5.69 Å². The number of ether oxygens (including phenoxy) is 1. The third-order valence-electron chi connectivity index (χ3n) is 5.36. The molecule has 6 nitrogen and oxygen atoms in total. The van der Waals surface area contributed by atoms with Crippen molar-refractivity contribution in [2.45, 2.75) is 18.6 Å². The van der Waals surface area contributed by atoms with Crippen LogP contribution in [0.2, 0.25) is 5.02 Å². The summed E-state index contributed by atoms with van der Waals surface area (Å²) >= 11 is 6.28. The van der Waals surface area contributed by atoms with E-state index in [9.17, 15) is 13.2 Å². The Morgan fingerprint density at radius 2 is 1.86 bits per heavy atom. The van der Waals surface area contributed by atoms with Crippen molar-refractivity contribution >= 4 is 33.0 Å². The van der Waals surface area contributed by atoms with E-state index in [1.54, 1.807) is 36.3 Å². The summed E-state index contributed by atoms with van der Waals surface area (Å²) in [6.45, 7) is 0.577. The number of hydrogen-bond acceptors (Lipinski definition) is 5. The number of nitrogens with zero attached hydrogens (tertiary/aromatic N) is 2. The second-order valence-electron chi connectivity index (χ2n) is 7.17. The minimum Gasteiger partial charge on any atom is -0.497 e. The second-order valence-corrected chi connectivity index (χ2v) is 9.73. The van der Waals surface area contributed by atoms with Crippen LogP contribution in [0.5, 0.6) is 5.75 Å². The summed E-state index contributed by atoms with van der Waals surface area (Å²) in [5, 5.41) is 0.613. The van der Waals surface area contributed by atoms with Crippen LogP contribution < -0.4 is 9.64 Å². The van der Waals surface area contributed by atoms with Gasteiger partial charge < -0.3 is 9.64 Å². The molecule has 2 aliphatic rings. The van der Waals surface area contributed by atoms with Gasteiger partial charge in [-0.1, -0.05) is 35.9 Å². The first-order valence-electron chi connectivity index (χ1n) is 9.02. The molecule has 0 saturated carbocycles. The van der Waals surface area contributed by atoms with Gasteiger partial charge in [0.05, 0.1) is 31.2 Å². The maximum Gasteiger partial charge on any atom is 0.241 e. The number of rotatable bonds is 4. The van der Waals surface area contributed by atoms with E-state index >= 15 is 0 Å². The number of carbonyl (C=O) groups is 1. The third-order valence-corrected chi connectivity index (χ3v) is 7.43. The van der Waals surface area contributed by atoms with Gasteiger partial charge in [0, 0.05) is 29.4 Å². The smallest absolute Gasteiger partial charge is 0.241 e. The molecule has 2 atom stereocenters. The molecule has 2 heterocycles. The molecule has 0 N–H and O–H groups in total. The number of sulfone groups is 1. The molecule has 0 aromatic heterocycles. The molecule has 2 aliphatic heterocycles. The number of hydrogen-bond donors (Lipinski definition) is 0. The monoisotopic (exact) mass is 420 g/mol. The summed E-state index contributed by atoms with van der Waals surface area (Å²) in [6, 6.07) is 13.9. The summed E-state index contributed by atoms with van der Waals surface area (Å²) < 4.78 is 30.2. The Hall–Kier alpha value is -2.09. The molecule has 0 spiro atoms. The van der Waals surface area contributed by atoms with E-state index in [2.05, 4.69) is 0 Å². The van der Waals surface area contributed by atoms with Crippen LogP contribution in [-0.2, 0) is 21.2 Å². The fraction of sp³-hybridized carbons (Fsp3) is 0.350. The van der Waals surface area contributed by atoms with Gasteiger partial charge in [-0.2, -0.15) is 0 Å². The van der Waals surface area contributed by atoms with Crippen LogP contribution in [-0.4, -0.2) is 56.5 Å². The molecule has 0 bridgehead atoms. The molecule has 2 saturated heterocycles. The van der Waals surface area contributed by atoms with Crippen molar-refractivity contribution in [1.82, 2.24) is 4.90 Å². The molecule has 8 heteroatoms. The Morgan fingerprint density at radius 1 is 1.11 bits per heavy atom. The van der Waals surface area contributed by atoms with Gasteiger partial charge in [-0.05, 0) is 23.8 Å². The molecule has 2 unspecified atom stereocenters. The van der Waals surface area contributed by atoms with Crippen molar-refractivity contribution in [3.63, 3.8) is 0 Å². The highest BCUT2D eigenvalue weighted by Gasteiger charge is 2.49. The van der Waals surface area contributed by atoms with Crippen LogP contribution in [0.1, 0.15) is 5.56 Å². The van der Waals surface area contributed by atoms with Crippen molar-refractivity contribution < 1.29 is 17.9 Å². The first-order valence-corrected chi connectivity index (χ1v) is 11.2. The SMILES string of the molecule is COc1cccc(N2C(=O)CN(Cc3ccccc3Cl)C3CS(=O)(=O)CC32)c1. The molecule has 0 radical (unpaired) electrons. The van der Waals surface area contributed by atoms with Crippen LogP contribution in [0, 0.1) is 0 Å². The molecule has 0 aliphatic carbocycles. The highest BCUT2D eigenvalue weighted by molar-refractivity contribution is 7.91. The van der Waals surface area contributed by atoms with Crippen LogP contribution in [0.25, 0.3) is 0 Å². The van der Waals surface area contributed by atoms with Crippen LogP contribution in [0.3, 0.4) is 0 Å². The lowest BCUT2D eigenvalue weighted by Crippen LogP contribution is -2.61. The molecule has 2 aromatic rings. The van der Waals surface area contributed by atoms with Crippen LogP contribution >= 0.6 is 11.6 Å². The molecule has 2 fully saturated rings. The van der Waals surface area contributed by atoms with E-state index in [0.717, 1.165) is 5.56 Å². The van der Waals surface area contributed by atoms with E-state index in [-0.39, 0.29) is 30.0 Å². The van der Waals surface area contributed by atoms with Gasteiger partial charge in [-0.15, -0.1) is 0 Å². The normalized spacial score (nSPS) is 24.2. The predicted molar refractivity (Wildman–Crippen MR) is 109 cm³/mol. The van der Waals surface area contributed by atoms with Crippen molar-refractivity contribution in [1.29, 1.82) is 0 Å². The van der Waals surface area contributed by atoms with Gasteiger partial charge in [-0.3, -0.25) is 9.69 Å². The number of carbonyl (C=O) groups excluding carboxylic acids is 1. The van der Waals surface area contributed by atoms with Gasteiger partial charge >= 0.3 is 0 Å². The highest BCUT2D eigenvalue weighted by Crippen LogP contribution is 2.34. The third kappa shape index (κ3) is 3.62. The molecular weight excluding hydrogens is 400 g/mol. The Labute approximate surface area is 169 Å². The number of methoxy groups -OCH3 is 1. The number of halogens is 1. The average Bonchev–Trinajstić information content (AvgIpc) is 2.98. The summed E-state index contributed by atoms with van der Waals surface area (Å²) in [4.78, 5) is 16.6. The number of anilines is 1. The lowest BCUT2D eigenvalue weighted by molar-refractivity contribution is -0.123. The van der Waals surface area contributed by atoms with E-state index in [4.69, 9.17) is 16.3 Å². The Bertz CT molecular complexity index is 1010. The standard InChI is InChI=1S/C20H21ClN2O4S/c1-27-16-7-4-6-15(9-16)23-19-13-28(25,26)12-18(19)22(11-20(23)24)10-14-5-2-3-8-17(14)21/h2-9,18-19H,10-13H2,1H3. The minimum atomic E-state index is -3.24. The van der Waals surface area contributed by atoms with Crippen LogP contribution in [0.15, 0.2) is 48.5 Å². The summed E-state index contributed by atoms with van der Waals surface area (Å²) in [6.07, 6.45) is 0. The van der Waals surface area contributed by atoms with Crippen molar-refractivity contribution in [2.24, 2.45) is 0 Å². The Balaban J connectivity index is 1.68. The zero-order chi connectivity index (χ0) is 19.9. The quantitative estimate of drug-likeness (QED) is 0.759. The van der Waals surface area contributed by atoms with E-state index in [1.807, 2.05) is 29.2 Å². The maximum atomic E-state index is 13.0. The fourth-order valence-corrected chi connectivity index (χ4v) is 6.25. The highest BCUT2D eigenvalue weighted by atomic mass is 35.5. The van der Waals surface area contributed by atoms with Gasteiger partial charge in [0.2, 0.25) is 5.91 Å². The number of piperazine rings is 1. The Morgan fingerprint density at radius 3 is 2.61 bits per heavy atom. The first-order chi connectivity index (χ1) is 13.4. The van der Waals surface area contributed by atoms with E-state index < -0.39 is 15.9 Å². The van der Waals surface area contributed by atoms with E-state index in [0.29, 0.717) is 23.0 Å². The van der Waals surface area contributed by atoms with Crippen molar-refractivity contribution in [2.75, 3.05) is 30.1 Å². The molecule has 148 valence electrons. The lowest BCUT2D eigenvalue weighted by atomic mass is 10.0. The van der Waals surface area contributed by atoms with E-state index in [1.165, 1.54) is 0 Å². The largest absolute Gasteiger partial charge is 0.497 e. The second kappa shape index (κ2) is 7.39. The molecule has 4 rings (SSSR count). The Kier molecular flexibility index (Phi) is 5.07. The zero-order valence-corrected chi connectivity index (χ0v) is 17.0. The van der Waals surface area contributed by atoms with Gasteiger partial charge in [0.25, 0.3) is 0 Å². The van der Waals surface area contributed by atoms with Gasteiger partial charge in [0.1, 0.15) is 5.75 Å². The number of amides is 1. The van der Waals surface area contributed by atoms with Gasteiger partial charge in [-0.25, -0.2) is 8.42 Å². The zero-order valence-electron chi connectivity index (χ0n) is 15.4. The fourth-order valence-electron chi connectivity index (χ4n) is 4.07. The van der Waals surface area contributed by atoms with Crippen molar-refractivity contribution in [3.8, 4) is 5.75 Å². The molecule has 1 amide bonds. The minimum absolute atomic E-state index is 0.0376. The summed E-state index contributed by atoms with van der Waals surface area (Å²) in [5.74, 6) is 0.495. The molecule has 28 heavy (non-hydrogen) atoms. The molecular formula is C20H21ClN2O4S. The molecule has 2 aromatic carbocycles. The first kappa shape index (κ1) is 19.2. The maximum absolute atomic E-state index is 13.0. The predicted octanol–water partition coefficient (Wildman–Crippen LogP) is 2.36. The number of benzene rings is 2.